The van der Waals surface area contributed by atoms with Gasteiger partial charge >= 0.3 is 13.7 Å². The Labute approximate surface area is 92.5 Å². The van der Waals surface area contributed by atoms with Gasteiger partial charge in [-0.3, -0.25) is 4.79 Å². The van der Waals surface area contributed by atoms with E-state index in [4.69, 9.17) is 9.63 Å². The lowest BCUT2D eigenvalue weighted by Crippen LogP contribution is -2.32. The lowest BCUT2D eigenvalue weighted by atomic mass is 10.3. The zero-order valence-corrected chi connectivity index (χ0v) is 9.42. The van der Waals surface area contributed by atoms with Gasteiger partial charge in [0.1, 0.15) is 11.8 Å². The summed E-state index contributed by atoms with van der Waals surface area (Å²) in [6.07, 6.45) is 0. The van der Waals surface area contributed by atoms with E-state index in [0.29, 0.717) is 0 Å². The van der Waals surface area contributed by atoms with Gasteiger partial charge in [-0.2, -0.15) is 5.09 Å². The number of rotatable bonds is 5. The molecule has 0 spiro atoms. The Bertz CT molecular complexity index is 408. The number of hydrogen-bond donors (Lipinski definition) is 3. The highest BCUT2D eigenvalue weighted by Crippen LogP contribution is 2.38. The SMILES string of the molecule is C[C@H](NP(=O)(O)Oc1ccccc1)C(=O)O. The quantitative estimate of drug-likeness (QED) is 0.675. The molecule has 0 aliphatic heterocycles. The van der Waals surface area contributed by atoms with Crippen LogP contribution in [0, 0.1) is 0 Å². The molecule has 1 rings (SSSR count). The second kappa shape index (κ2) is 5.12. The number of hydrogen-bond acceptors (Lipinski definition) is 3. The molecule has 3 N–H and O–H groups in total. The van der Waals surface area contributed by atoms with Gasteiger partial charge in [0.2, 0.25) is 0 Å². The predicted molar refractivity (Wildman–Crippen MR) is 57.1 cm³/mol. The Morgan fingerprint density at radius 3 is 2.50 bits per heavy atom. The molecule has 6 nitrogen and oxygen atoms in total. The molecule has 0 aliphatic rings. The molecule has 0 saturated carbocycles. The Hall–Kier alpha value is -1.36. The highest BCUT2D eigenvalue weighted by molar-refractivity contribution is 7.51. The number of para-hydroxylation sites is 1. The van der Waals surface area contributed by atoms with E-state index >= 15 is 0 Å². The molecule has 1 unspecified atom stereocenters. The summed E-state index contributed by atoms with van der Waals surface area (Å²) in [5.74, 6) is -1.04. The average molecular weight is 245 g/mol. The predicted octanol–water partition coefficient (Wildman–Crippen LogP) is 1.23. The lowest BCUT2D eigenvalue weighted by Gasteiger charge is -2.16. The van der Waals surface area contributed by atoms with Gasteiger partial charge in [-0.15, -0.1) is 0 Å². The fraction of sp³-hybridized carbons (Fsp3) is 0.222. The maximum atomic E-state index is 11.5. The molecular formula is C9H12NO5P. The summed E-state index contributed by atoms with van der Waals surface area (Å²) in [7, 11) is -4.16. The van der Waals surface area contributed by atoms with Crippen molar-refractivity contribution in [3.05, 3.63) is 30.3 Å². The maximum Gasteiger partial charge on any atom is 0.456 e. The van der Waals surface area contributed by atoms with Gasteiger partial charge in [0, 0.05) is 0 Å². The van der Waals surface area contributed by atoms with Crippen LogP contribution in [0.25, 0.3) is 0 Å². The summed E-state index contributed by atoms with van der Waals surface area (Å²) in [5.41, 5.74) is 0. The van der Waals surface area contributed by atoms with Crippen LogP contribution in [0.5, 0.6) is 5.75 Å². The minimum atomic E-state index is -4.16. The van der Waals surface area contributed by atoms with Crippen LogP contribution in [0.3, 0.4) is 0 Å². The summed E-state index contributed by atoms with van der Waals surface area (Å²) in [6, 6.07) is 6.82. The van der Waals surface area contributed by atoms with Gasteiger partial charge in [-0.1, -0.05) is 18.2 Å². The van der Waals surface area contributed by atoms with Gasteiger partial charge in [0.15, 0.2) is 0 Å². The lowest BCUT2D eigenvalue weighted by molar-refractivity contribution is -0.138. The normalized spacial score (nSPS) is 16.1. The van der Waals surface area contributed by atoms with Crippen molar-refractivity contribution in [2.75, 3.05) is 0 Å². The number of carbonyl (C=O) groups is 1. The molecule has 2 atom stereocenters. The number of carboxylic acids is 1. The summed E-state index contributed by atoms with van der Waals surface area (Å²) in [4.78, 5) is 19.8. The first kappa shape index (κ1) is 12.7. The summed E-state index contributed by atoms with van der Waals surface area (Å²) >= 11 is 0. The molecule has 0 fully saturated rings. The molecular weight excluding hydrogens is 233 g/mol. The molecule has 0 heterocycles. The molecule has 1 aromatic rings. The Morgan fingerprint density at radius 1 is 1.44 bits per heavy atom. The van der Waals surface area contributed by atoms with Gasteiger partial charge in [0.05, 0.1) is 0 Å². The van der Waals surface area contributed by atoms with Crippen LogP contribution < -0.4 is 9.61 Å². The Morgan fingerprint density at radius 2 is 2.00 bits per heavy atom. The van der Waals surface area contributed by atoms with Crippen molar-refractivity contribution >= 4 is 13.7 Å². The largest absolute Gasteiger partial charge is 0.480 e. The average Bonchev–Trinajstić information content (AvgIpc) is 2.17. The summed E-state index contributed by atoms with van der Waals surface area (Å²) in [6.45, 7) is 1.25. The van der Waals surface area contributed by atoms with Gasteiger partial charge in [-0.25, -0.2) is 4.57 Å². The number of nitrogens with one attached hydrogen (secondary N) is 1. The van der Waals surface area contributed by atoms with Crippen LogP contribution in [-0.2, 0) is 9.36 Å². The molecule has 0 aromatic heterocycles. The highest BCUT2D eigenvalue weighted by atomic mass is 31.2. The summed E-state index contributed by atoms with van der Waals surface area (Å²) < 4.78 is 16.2. The molecule has 0 bridgehead atoms. The van der Waals surface area contributed by atoms with Crippen LogP contribution in [0.15, 0.2) is 30.3 Å². The second-order valence-electron chi connectivity index (χ2n) is 3.11. The zero-order chi connectivity index (χ0) is 12.2. The van der Waals surface area contributed by atoms with E-state index in [1.807, 2.05) is 5.09 Å². The number of carboxylic acid groups (broad SMARTS) is 1. The standard InChI is InChI=1S/C9H12NO5P/c1-7(9(11)12)10-16(13,14)15-8-5-3-2-4-6-8/h2-7H,1H3,(H,11,12)(H2,10,13,14)/t7-/m0/s1. The first-order chi connectivity index (χ1) is 7.41. The Balaban J connectivity index is 2.66. The van der Waals surface area contributed by atoms with E-state index < -0.39 is 19.8 Å². The van der Waals surface area contributed by atoms with E-state index in [0.717, 1.165) is 0 Å². The molecule has 0 radical (unpaired) electrons. The molecule has 88 valence electrons. The Kier molecular flexibility index (Phi) is 4.06. The second-order valence-corrected chi connectivity index (χ2v) is 4.60. The molecule has 0 aliphatic carbocycles. The van der Waals surface area contributed by atoms with Crippen molar-refractivity contribution < 1.29 is 23.9 Å². The van der Waals surface area contributed by atoms with Crippen molar-refractivity contribution in [2.45, 2.75) is 13.0 Å². The summed E-state index contributed by atoms with van der Waals surface area (Å²) in [5, 5.41) is 10.6. The molecule has 0 saturated heterocycles. The van der Waals surface area contributed by atoms with Crippen LogP contribution in [0.4, 0.5) is 0 Å². The molecule has 0 amide bonds. The van der Waals surface area contributed by atoms with Crippen LogP contribution in [0.1, 0.15) is 6.92 Å². The number of benzene rings is 1. The number of aliphatic carboxylic acids is 1. The molecule has 7 heteroatoms. The zero-order valence-electron chi connectivity index (χ0n) is 8.53. The van der Waals surface area contributed by atoms with E-state index in [2.05, 4.69) is 0 Å². The van der Waals surface area contributed by atoms with Crippen molar-refractivity contribution in [1.29, 1.82) is 0 Å². The first-order valence-electron chi connectivity index (χ1n) is 4.49. The van der Waals surface area contributed by atoms with Crippen LogP contribution in [-0.4, -0.2) is 22.0 Å². The fourth-order valence-electron chi connectivity index (χ4n) is 0.951. The van der Waals surface area contributed by atoms with Gasteiger partial charge < -0.3 is 14.5 Å². The van der Waals surface area contributed by atoms with Crippen LogP contribution in [0.2, 0.25) is 0 Å². The van der Waals surface area contributed by atoms with Crippen molar-refractivity contribution in [3.63, 3.8) is 0 Å². The third-order valence-electron chi connectivity index (χ3n) is 1.70. The minimum absolute atomic E-state index is 0.193. The molecule has 1 aromatic carbocycles. The maximum absolute atomic E-state index is 11.5. The fourth-order valence-corrected chi connectivity index (χ4v) is 2.01. The van der Waals surface area contributed by atoms with Gasteiger partial charge in [0.25, 0.3) is 0 Å². The smallest absolute Gasteiger partial charge is 0.456 e. The van der Waals surface area contributed by atoms with Crippen LogP contribution >= 0.6 is 7.75 Å². The van der Waals surface area contributed by atoms with E-state index in [9.17, 15) is 14.3 Å². The topological polar surface area (TPSA) is 95.9 Å². The monoisotopic (exact) mass is 245 g/mol. The van der Waals surface area contributed by atoms with E-state index in [-0.39, 0.29) is 5.75 Å². The van der Waals surface area contributed by atoms with Crippen molar-refractivity contribution in [1.82, 2.24) is 5.09 Å². The minimum Gasteiger partial charge on any atom is -0.480 e. The third kappa shape index (κ3) is 4.02. The highest BCUT2D eigenvalue weighted by Gasteiger charge is 2.26. The van der Waals surface area contributed by atoms with Crippen molar-refractivity contribution in [2.24, 2.45) is 0 Å². The third-order valence-corrected chi connectivity index (χ3v) is 2.87. The first-order valence-corrected chi connectivity index (χ1v) is 6.06. The van der Waals surface area contributed by atoms with E-state index in [1.165, 1.54) is 19.1 Å². The van der Waals surface area contributed by atoms with Gasteiger partial charge in [-0.05, 0) is 19.1 Å². The molecule has 16 heavy (non-hydrogen) atoms. The van der Waals surface area contributed by atoms with E-state index in [1.54, 1.807) is 18.2 Å². The van der Waals surface area contributed by atoms with Crippen molar-refractivity contribution in [3.8, 4) is 5.75 Å².